The molecular weight excluding hydrogens is 204 g/mol. The zero-order chi connectivity index (χ0) is 7.73. The molecule has 1 saturated carbocycles. The predicted molar refractivity (Wildman–Crippen MR) is 49.1 cm³/mol. The summed E-state index contributed by atoms with van der Waals surface area (Å²) in [5.41, 5.74) is 0.248. The Hall–Kier alpha value is 0.440. The second kappa shape index (κ2) is 3.06. The molecule has 11 heavy (non-hydrogen) atoms. The normalized spacial score (nSPS) is 39.0. The number of halogens is 1. The first-order valence-corrected chi connectivity index (χ1v) is 5.69. The van der Waals surface area contributed by atoms with Gasteiger partial charge in [-0.3, -0.25) is 0 Å². The van der Waals surface area contributed by atoms with Gasteiger partial charge in [-0.1, -0.05) is 15.9 Å². The Kier molecular flexibility index (Phi) is 2.24. The molecule has 0 aromatic rings. The SMILES string of the molecule is BrCC1(C2CC2)CCCCO1. The van der Waals surface area contributed by atoms with E-state index in [1.807, 2.05) is 0 Å². The Morgan fingerprint density at radius 2 is 2.18 bits per heavy atom. The van der Waals surface area contributed by atoms with Crippen molar-refractivity contribution in [1.82, 2.24) is 0 Å². The smallest absolute Gasteiger partial charge is 0.0806 e. The van der Waals surface area contributed by atoms with Gasteiger partial charge in [-0.25, -0.2) is 0 Å². The number of rotatable bonds is 2. The number of alkyl halides is 1. The quantitative estimate of drug-likeness (QED) is 0.649. The molecule has 2 rings (SSSR count). The largest absolute Gasteiger partial charge is 0.374 e. The van der Waals surface area contributed by atoms with E-state index >= 15 is 0 Å². The van der Waals surface area contributed by atoms with E-state index in [1.165, 1.54) is 32.1 Å². The van der Waals surface area contributed by atoms with Crippen molar-refractivity contribution in [3.63, 3.8) is 0 Å². The topological polar surface area (TPSA) is 9.23 Å². The van der Waals surface area contributed by atoms with E-state index in [2.05, 4.69) is 15.9 Å². The highest BCUT2D eigenvalue weighted by Crippen LogP contribution is 2.47. The maximum atomic E-state index is 5.89. The van der Waals surface area contributed by atoms with Crippen molar-refractivity contribution >= 4 is 15.9 Å². The summed E-state index contributed by atoms with van der Waals surface area (Å²) in [6, 6.07) is 0. The van der Waals surface area contributed by atoms with Crippen molar-refractivity contribution in [3.8, 4) is 0 Å². The van der Waals surface area contributed by atoms with Gasteiger partial charge in [-0.2, -0.15) is 0 Å². The molecule has 0 N–H and O–H groups in total. The molecule has 0 radical (unpaired) electrons. The van der Waals surface area contributed by atoms with Gasteiger partial charge in [0.05, 0.1) is 5.60 Å². The highest BCUT2D eigenvalue weighted by molar-refractivity contribution is 9.09. The third-order valence-electron chi connectivity index (χ3n) is 2.93. The zero-order valence-corrected chi connectivity index (χ0v) is 8.40. The van der Waals surface area contributed by atoms with Crippen LogP contribution in [-0.4, -0.2) is 17.5 Å². The minimum absolute atomic E-state index is 0.248. The average molecular weight is 219 g/mol. The second-order valence-electron chi connectivity index (χ2n) is 3.78. The molecule has 2 aliphatic rings. The summed E-state index contributed by atoms with van der Waals surface area (Å²) in [6.45, 7) is 0.988. The Bertz CT molecular complexity index is 136. The van der Waals surface area contributed by atoms with Crippen LogP contribution in [0.4, 0.5) is 0 Å². The maximum absolute atomic E-state index is 5.89. The molecule has 1 unspecified atom stereocenters. The van der Waals surface area contributed by atoms with Crippen molar-refractivity contribution in [2.24, 2.45) is 5.92 Å². The van der Waals surface area contributed by atoms with Crippen LogP contribution >= 0.6 is 15.9 Å². The fourth-order valence-corrected chi connectivity index (χ4v) is 2.92. The molecule has 1 aliphatic carbocycles. The van der Waals surface area contributed by atoms with Crippen molar-refractivity contribution in [1.29, 1.82) is 0 Å². The molecule has 1 heterocycles. The first-order chi connectivity index (χ1) is 5.37. The van der Waals surface area contributed by atoms with E-state index in [4.69, 9.17) is 4.74 Å². The summed E-state index contributed by atoms with van der Waals surface area (Å²) in [5.74, 6) is 0.877. The minimum Gasteiger partial charge on any atom is -0.374 e. The molecular formula is C9H15BrO. The van der Waals surface area contributed by atoms with Gasteiger partial charge in [0, 0.05) is 11.9 Å². The number of hydrogen-bond acceptors (Lipinski definition) is 1. The Balaban J connectivity index is 2.01. The standard InChI is InChI=1S/C9H15BrO/c10-7-9(8-3-4-8)5-1-2-6-11-9/h8H,1-7H2. The fourth-order valence-electron chi connectivity index (χ4n) is 2.02. The van der Waals surface area contributed by atoms with Gasteiger partial charge in [-0.15, -0.1) is 0 Å². The van der Waals surface area contributed by atoms with Gasteiger partial charge in [0.15, 0.2) is 0 Å². The van der Waals surface area contributed by atoms with Gasteiger partial charge >= 0.3 is 0 Å². The molecule has 2 fully saturated rings. The van der Waals surface area contributed by atoms with E-state index < -0.39 is 0 Å². The molecule has 0 spiro atoms. The molecule has 0 aromatic carbocycles. The van der Waals surface area contributed by atoms with Gasteiger partial charge in [0.2, 0.25) is 0 Å². The lowest BCUT2D eigenvalue weighted by molar-refractivity contribution is -0.0754. The van der Waals surface area contributed by atoms with E-state index in [-0.39, 0.29) is 5.60 Å². The maximum Gasteiger partial charge on any atom is 0.0806 e. The first kappa shape index (κ1) is 8.06. The zero-order valence-electron chi connectivity index (χ0n) is 6.81. The van der Waals surface area contributed by atoms with Crippen LogP contribution in [0.3, 0.4) is 0 Å². The van der Waals surface area contributed by atoms with Crippen LogP contribution in [0.25, 0.3) is 0 Å². The Labute approximate surface area is 76.6 Å². The highest BCUT2D eigenvalue weighted by atomic mass is 79.9. The Morgan fingerprint density at radius 3 is 2.64 bits per heavy atom. The fraction of sp³-hybridized carbons (Fsp3) is 1.00. The monoisotopic (exact) mass is 218 g/mol. The van der Waals surface area contributed by atoms with Crippen molar-refractivity contribution < 1.29 is 4.74 Å². The van der Waals surface area contributed by atoms with Gasteiger partial charge < -0.3 is 4.74 Å². The second-order valence-corrected chi connectivity index (χ2v) is 4.34. The predicted octanol–water partition coefficient (Wildman–Crippen LogP) is 2.73. The molecule has 1 nitrogen and oxygen atoms in total. The summed E-state index contributed by atoms with van der Waals surface area (Å²) >= 11 is 3.58. The lowest BCUT2D eigenvalue weighted by Gasteiger charge is -2.36. The van der Waals surface area contributed by atoms with Crippen LogP contribution in [0.2, 0.25) is 0 Å². The van der Waals surface area contributed by atoms with E-state index in [9.17, 15) is 0 Å². The molecule has 1 aliphatic heterocycles. The van der Waals surface area contributed by atoms with Gasteiger partial charge in [0.1, 0.15) is 0 Å². The molecule has 0 bridgehead atoms. The van der Waals surface area contributed by atoms with Gasteiger partial charge in [0.25, 0.3) is 0 Å². The van der Waals surface area contributed by atoms with Crippen molar-refractivity contribution in [2.75, 3.05) is 11.9 Å². The Morgan fingerprint density at radius 1 is 1.36 bits per heavy atom. The van der Waals surface area contributed by atoms with Crippen LogP contribution in [0, 0.1) is 5.92 Å². The van der Waals surface area contributed by atoms with Crippen LogP contribution < -0.4 is 0 Å². The summed E-state index contributed by atoms with van der Waals surface area (Å²) in [4.78, 5) is 0. The molecule has 1 atom stereocenters. The van der Waals surface area contributed by atoms with Crippen LogP contribution in [-0.2, 0) is 4.74 Å². The highest BCUT2D eigenvalue weighted by Gasteiger charge is 2.46. The van der Waals surface area contributed by atoms with E-state index in [0.717, 1.165) is 17.9 Å². The molecule has 2 heteroatoms. The molecule has 64 valence electrons. The number of ether oxygens (including phenoxy) is 1. The van der Waals surface area contributed by atoms with Crippen molar-refractivity contribution in [3.05, 3.63) is 0 Å². The third-order valence-corrected chi connectivity index (χ3v) is 3.88. The first-order valence-electron chi connectivity index (χ1n) is 4.57. The molecule has 0 amide bonds. The molecule has 1 saturated heterocycles. The molecule has 0 aromatic heterocycles. The van der Waals surface area contributed by atoms with E-state index in [0.29, 0.717) is 0 Å². The minimum atomic E-state index is 0.248. The summed E-state index contributed by atoms with van der Waals surface area (Å²) in [6.07, 6.45) is 6.70. The van der Waals surface area contributed by atoms with Crippen molar-refractivity contribution in [2.45, 2.75) is 37.7 Å². The summed E-state index contributed by atoms with van der Waals surface area (Å²) in [5, 5.41) is 1.05. The van der Waals surface area contributed by atoms with E-state index in [1.54, 1.807) is 0 Å². The summed E-state index contributed by atoms with van der Waals surface area (Å²) in [7, 11) is 0. The third kappa shape index (κ3) is 1.48. The summed E-state index contributed by atoms with van der Waals surface area (Å²) < 4.78 is 5.89. The van der Waals surface area contributed by atoms with Crippen LogP contribution in [0.5, 0.6) is 0 Å². The lowest BCUT2D eigenvalue weighted by Crippen LogP contribution is -2.40. The van der Waals surface area contributed by atoms with Crippen LogP contribution in [0.1, 0.15) is 32.1 Å². The average Bonchev–Trinajstić information content (AvgIpc) is 2.88. The van der Waals surface area contributed by atoms with Crippen LogP contribution in [0.15, 0.2) is 0 Å². The lowest BCUT2D eigenvalue weighted by atomic mass is 9.91. The number of hydrogen-bond donors (Lipinski definition) is 0. The van der Waals surface area contributed by atoms with Gasteiger partial charge in [-0.05, 0) is 38.0 Å².